The van der Waals surface area contributed by atoms with Crippen molar-refractivity contribution < 1.29 is 0 Å². The Morgan fingerprint density at radius 1 is 1.28 bits per heavy atom. The van der Waals surface area contributed by atoms with Crippen molar-refractivity contribution in [1.82, 2.24) is 10.2 Å². The van der Waals surface area contributed by atoms with Gasteiger partial charge < -0.3 is 10.2 Å². The molecule has 2 rings (SSSR count). The highest BCUT2D eigenvalue weighted by Crippen LogP contribution is 2.28. The summed E-state index contributed by atoms with van der Waals surface area (Å²) in [5.41, 5.74) is 2.89. The molecule has 1 aromatic rings. The van der Waals surface area contributed by atoms with Gasteiger partial charge in [-0.2, -0.15) is 0 Å². The van der Waals surface area contributed by atoms with Crippen molar-refractivity contribution in [3.8, 4) is 0 Å². The summed E-state index contributed by atoms with van der Waals surface area (Å²) in [6, 6.07) is 9.73. The topological polar surface area (TPSA) is 15.3 Å². The minimum Gasteiger partial charge on any atom is -0.316 e. The summed E-state index contributed by atoms with van der Waals surface area (Å²) in [6.07, 6.45) is 3.72. The molecule has 0 aromatic heterocycles. The van der Waals surface area contributed by atoms with E-state index in [0.29, 0.717) is 6.04 Å². The van der Waals surface area contributed by atoms with Crippen LogP contribution in [0.25, 0.3) is 0 Å². The molecule has 18 heavy (non-hydrogen) atoms. The summed E-state index contributed by atoms with van der Waals surface area (Å²) in [6.45, 7) is 4.60. The first-order valence-electron chi connectivity index (χ1n) is 7.16. The van der Waals surface area contributed by atoms with Crippen LogP contribution in [0.2, 0.25) is 0 Å². The first-order valence-corrected chi connectivity index (χ1v) is 7.16. The van der Waals surface area contributed by atoms with Gasteiger partial charge >= 0.3 is 0 Å². The molecule has 0 spiro atoms. The Morgan fingerprint density at radius 3 is 2.50 bits per heavy atom. The van der Waals surface area contributed by atoms with Crippen molar-refractivity contribution in [2.24, 2.45) is 5.92 Å². The predicted octanol–water partition coefficient (Wildman–Crippen LogP) is 2.85. The first kappa shape index (κ1) is 13.6. The Hall–Kier alpha value is -0.860. The van der Waals surface area contributed by atoms with E-state index in [1.807, 2.05) is 0 Å². The van der Waals surface area contributed by atoms with Gasteiger partial charge in [0.25, 0.3) is 0 Å². The number of rotatable bonds is 5. The molecule has 1 N–H and O–H groups in total. The fourth-order valence-corrected chi connectivity index (χ4v) is 2.85. The number of hydrogen-bond donors (Lipinski definition) is 1. The van der Waals surface area contributed by atoms with Crippen molar-refractivity contribution in [3.05, 3.63) is 35.4 Å². The highest BCUT2D eigenvalue weighted by atomic mass is 15.1. The molecule has 1 aromatic carbocycles. The maximum Gasteiger partial charge on any atom is 0.0345 e. The van der Waals surface area contributed by atoms with Crippen LogP contribution in [0.3, 0.4) is 0 Å². The van der Waals surface area contributed by atoms with Crippen LogP contribution in [0.4, 0.5) is 0 Å². The van der Waals surface area contributed by atoms with Gasteiger partial charge in [0.1, 0.15) is 0 Å². The Kier molecular flexibility index (Phi) is 4.79. The van der Waals surface area contributed by atoms with Crippen LogP contribution in [-0.2, 0) is 6.42 Å². The number of hydrogen-bond acceptors (Lipinski definition) is 2. The number of benzene rings is 1. The Morgan fingerprint density at radius 2 is 2.00 bits per heavy atom. The maximum atomic E-state index is 3.47. The van der Waals surface area contributed by atoms with Gasteiger partial charge in [0, 0.05) is 6.04 Å². The lowest BCUT2D eigenvalue weighted by Crippen LogP contribution is -2.23. The third-order valence-corrected chi connectivity index (χ3v) is 4.12. The van der Waals surface area contributed by atoms with Gasteiger partial charge in [-0.15, -0.1) is 0 Å². The minimum absolute atomic E-state index is 0.556. The van der Waals surface area contributed by atoms with Gasteiger partial charge in [0.15, 0.2) is 0 Å². The number of nitrogens with one attached hydrogen (secondary N) is 1. The van der Waals surface area contributed by atoms with Crippen molar-refractivity contribution in [3.63, 3.8) is 0 Å². The van der Waals surface area contributed by atoms with E-state index in [1.54, 1.807) is 0 Å². The van der Waals surface area contributed by atoms with E-state index >= 15 is 0 Å². The van der Waals surface area contributed by atoms with Crippen LogP contribution < -0.4 is 5.32 Å². The second-order valence-electron chi connectivity index (χ2n) is 5.67. The lowest BCUT2D eigenvalue weighted by atomic mass is 9.92. The van der Waals surface area contributed by atoms with Crippen molar-refractivity contribution >= 4 is 0 Å². The first-order chi connectivity index (χ1) is 8.70. The summed E-state index contributed by atoms with van der Waals surface area (Å²) < 4.78 is 0. The van der Waals surface area contributed by atoms with Crippen molar-refractivity contribution in [2.75, 3.05) is 27.2 Å². The van der Waals surface area contributed by atoms with E-state index < -0.39 is 0 Å². The summed E-state index contributed by atoms with van der Waals surface area (Å²) >= 11 is 0. The standard InChI is InChI=1S/C16H26N2/c1-4-13-5-7-15(8-6-13)16(18(2)3)11-14-9-10-17-12-14/h5-8,14,16-17H,4,9-12H2,1-3H3. The molecular weight excluding hydrogens is 220 g/mol. The lowest BCUT2D eigenvalue weighted by Gasteiger charge is -2.27. The van der Waals surface area contributed by atoms with E-state index in [2.05, 4.69) is 55.5 Å². The van der Waals surface area contributed by atoms with Crippen LogP contribution >= 0.6 is 0 Å². The SMILES string of the molecule is CCc1ccc(C(CC2CCNC2)N(C)C)cc1. The van der Waals surface area contributed by atoms with Crippen LogP contribution in [0.1, 0.15) is 36.9 Å². The van der Waals surface area contributed by atoms with Crippen molar-refractivity contribution in [2.45, 2.75) is 32.2 Å². The highest BCUT2D eigenvalue weighted by molar-refractivity contribution is 5.25. The molecule has 1 heterocycles. The molecule has 100 valence electrons. The molecule has 0 saturated carbocycles. The zero-order valence-corrected chi connectivity index (χ0v) is 11.9. The minimum atomic E-state index is 0.556. The molecule has 1 aliphatic rings. The summed E-state index contributed by atoms with van der Waals surface area (Å²) in [5.74, 6) is 0.836. The molecule has 2 nitrogen and oxygen atoms in total. The van der Waals surface area contributed by atoms with E-state index in [0.717, 1.165) is 12.3 Å². The molecule has 2 heteroatoms. The van der Waals surface area contributed by atoms with Gasteiger partial charge in [-0.1, -0.05) is 31.2 Å². The largest absolute Gasteiger partial charge is 0.316 e. The summed E-state index contributed by atoms with van der Waals surface area (Å²) in [5, 5.41) is 3.47. The lowest BCUT2D eigenvalue weighted by molar-refractivity contribution is 0.253. The molecule has 1 aliphatic heterocycles. The molecule has 1 fully saturated rings. The number of aryl methyl sites for hydroxylation is 1. The molecule has 0 aliphatic carbocycles. The monoisotopic (exact) mass is 246 g/mol. The zero-order chi connectivity index (χ0) is 13.0. The van der Waals surface area contributed by atoms with Gasteiger partial charge in [0.2, 0.25) is 0 Å². The van der Waals surface area contributed by atoms with E-state index in [4.69, 9.17) is 0 Å². The van der Waals surface area contributed by atoms with Crippen LogP contribution in [0.5, 0.6) is 0 Å². The maximum absolute atomic E-state index is 3.47. The quantitative estimate of drug-likeness (QED) is 0.859. The average molecular weight is 246 g/mol. The molecule has 0 radical (unpaired) electrons. The summed E-state index contributed by atoms with van der Waals surface area (Å²) in [4.78, 5) is 2.36. The molecule has 1 saturated heterocycles. The fraction of sp³-hybridized carbons (Fsp3) is 0.625. The second-order valence-corrected chi connectivity index (χ2v) is 5.67. The molecule has 0 bridgehead atoms. The van der Waals surface area contributed by atoms with E-state index in [1.165, 1.54) is 37.1 Å². The van der Waals surface area contributed by atoms with E-state index in [-0.39, 0.29) is 0 Å². The van der Waals surface area contributed by atoms with Gasteiger partial charge in [0.05, 0.1) is 0 Å². The average Bonchev–Trinajstić information content (AvgIpc) is 2.89. The summed E-state index contributed by atoms with van der Waals surface area (Å²) in [7, 11) is 4.39. The third kappa shape index (κ3) is 3.33. The predicted molar refractivity (Wildman–Crippen MR) is 77.8 cm³/mol. The van der Waals surface area contributed by atoms with Gasteiger partial charge in [-0.05, 0) is 63.5 Å². The third-order valence-electron chi connectivity index (χ3n) is 4.12. The second kappa shape index (κ2) is 6.35. The van der Waals surface area contributed by atoms with E-state index in [9.17, 15) is 0 Å². The molecule has 2 atom stereocenters. The molecule has 0 amide bonds. The zero-order valence-electron chi connectivity index (χ0n) is 11.9. The van der Waals surface area contributed by atoms with Crippen LogP contribution in [-0.4, -0.2) is 32.1 Å². The van der Waals surface area contributed by atoms with Gasteiger partial charge in [-0.25, -0.2) is 0 Å². The Labute approximate surface area is 111 Å². The molecular formula is C16H26N2. The molecule has 2 unspecified atom stereocenters. The fourth-order valence-electron chi connectivity index (χ4n) is 2.85. The normalized spacial score (nSPS) is 21.4. The Bertz CT molecular complexity index is 350. The van der Waals surface area contributed by atoms with Crippen molar-refractivity contribution in [1.29, 1.82) is 0 Å². The van der Waals surface area contributed by atoms with Crippen LogP contribution in [0, 0.1) is 5.92 Å². The van der Waals surface area contributed by atoms with Gasteiger partial charge in [-0.3, -0.25) is 0 Å². The highest BCUT2D eigenvalue weighted by Gasteiger charge is 2.22. The number of nitrogens with zero attached hydrogens (tertiary/aromatic N) is 1. The van der Waals surface area contributed by atoms with Crippen LogP contribution in [0.15, 0.2) is 24.3 Å². The Balaban J connectivity index is 2.07. The smallest absolute Gasteiger partial charge is 0.0345 e.